The van der Waals surface area contributed by atoms with Gasteiger partial charge in [-0.1, -0.05) is 6.07 Å². The van der Waals surface area contributed by atoms with E-state index in [9.17, 15) is 14.3 Å². The summed E-state index contributed by atoms with van der Waals surface area (Å²) in [6.07, 6.45) is 3.94. The summed E-state index contributed by atoms with van der Waals surface area (Å²) in [6.45, 7) is 6.96. The summed E-state index contributed by atoms with van der Waals surface area (Å²) in [5.74, 6) is -0.0131. The van der Waals surface area contributed by atoms with Gasteiger partial charge in [-0.15, -0.1) is 0 Å². The number of rotatable bonds is 5. The van der Waals surface area contributed by atoms with Crippen molar-refractivity contribution < 1.29 is 9.50 Å². The van der Waals surface area contributed by atoms with Crippen molar-refractivity contribution in [3.63, 3.8) is 0 Å². The molecule has 0 radical (unpaired) electrons. The van der Waals surface area contributed by atoms with E-state index in [-0.39, 0.29) is 17.1 Å². The number of benzene rings is 1. The lowest BCUT2D eigenvalue weighted by Gasteiger charge is -2.26. The number of halogens is 1. The maximum absolute atomic E-state index is 14.4. The van der Waals surface area contributed by atoms with Crippen molar-refractivity contribution >= 4 is 22.7 Å². The van der Waals surface area contributed by atoms with Gasteiger partial charge >= 0.3 is 0 Å². The van der Waals surface area contributed by atoms with Crippen molar-refractivity contribution in [2.24, 2.45) is 0 Å². The molecule has 186 valence electrons. The van der Waals surface area contributed by atoms with Crippen molar-refractivity contribution in [1.82, 2.24) is 29.6 Å². The van der Waals surface area contributed by atoms with Crippen molar-refractivity contribution in [2.45, 2.75) is 57.7 Å². The van der Waals surface area contributed by atoms with Crippen molar-refractivity contribution in [2.75, 3.05) is 11.9 Å². The fourth-order valence-corrected chi connectivity index (χ4v) is 5.18. The van der Waals surface area contributed by atoms with Crippen LogP contribution in [0.4, 0.5) is 16.0 Å². The van der Waals surface area contributed by atoms with E-state index in [1.807, 2.05) is 13.0 Å². The van der Waals surface area contributed by atoms with Gasteiger partial charge in [0.05, 0.1) is 0 Å². The molecule has 4 aromatic rings. The zero-order valence-electron chi connectivity index (χ0n) is 20.5. The van der Waals surface area contributed by atoms with Crippen LogP contribution in [0.3, 0.4) is 0 Å². The van der Waals surface area contributed by atoms with Crippen LogP contribution in [0, 0.1) is 5.82 Å². The second-order valence-corrected chi connectivity index (χ2v) is 10.2. The first-order chi connectivity index (χ1) is 17.2. The fraction of sp³-hybridized carbons (Fsp3) is 0.385. The van der Waals surface area contributed by atoms with Crippen molar-refractivity contribution in [3.05, 3.63) is 69.5 Å². The summed E-state index contributed by atoms with van der Waals surface area (Å²) >= 11 is 0. The molecule has 6 rings (SSSR count). The summed E-state index contributed by atoms with van der Waals surface area (Å²) in [6, 6.07) is 9.05. The van der Waals surface area contributed by atoms with Crippen LogP contribution in [0.2, 0.25) is 0 Å². The Morgan fingerprint density at radius 3 is 2.75 bits per heavy atom. The molecule has 9 nitrogen and oxygen atoms in total. The largest absolute Gasteiger partial charge is 0.384 e. The number of nitrogens with zero attached hydrogens (tertiary/aromatic N) is 5. The van der Waals surface area contributed by atoms with Crippen LogP contribution in [0.15, 0.2) is 41.3 Å². The number of fused-ring (bicyclic) bond motifs is 3. The van der Waals surface area contributed by atoms with Crippen LogP contribution < -0.4 is 16.2 Å². The Morgan fingerprint density at radius 2 is 2.03 bits per heavy atom. The lowest BCUT2D eigenvalue weighted by molar-refractivity contribution is 0.0694. The Hall–Kier alpha value is -3.63. The van der Waals surface area contributed by atoms with Crippen LogP contribution in [-0.4, -0.2) is 36.0 Å². The second kappa shape index (κ2) is 7.94. The van der Waals surface area contributed by atoms with E-state index in [0.29, 0.717) is 28.9 Å². The number of pyridine rings is 1. The van der Waals surface area contributed by atoms with E-state index in [0.717, 1.165) is 18.8 Å². The van der Waals surface area contributed by atoms with Gasteiger partial charge in [0.15, 0.2) is 11.5 Å². The van der Waals surface area contributed by atoms with E-state index in [1.54, 1.807) is 4.68 Å². The first kappa shape index (κ1) is 22.8. The van der Waals surface area contributed by atoms with E-state index in [1.165, 1.54) is 60.8 Å². The average molecular weight is 490 g/mol. The number of anilines is 2. The standard InChI is InChI=1S/C26H28FN7O2/c1-4-33-23(35)17-13-29-24(30-16-5-6-18-15(11-16)12-28-14-26(18)9-10-26)32-22(17)34(33)20-8-7-19(27)21(31-20)25(2,3)36/h5-8,11,13,28,36H,4,9-10,12,14H2,1-3H3,(H,29,30,32). The van der Waals surface area contributed by atoms with Gasteiger partial charge in [0.25, 0.3) is 5.56 Å². The van der Waals surface area contributed by atoms with Crippen LogP contribution in [0.25, 0.3) is 16.9 Å². The molecular weight excluding hydrogens is 461 g/mol. The monoisotopic (exact) mass is 489 g/mol. The van der Waals surface area contributed by atoms with Crippen LogP contribution in [0.1, 0.15) is 50.4 Å². The van der Waals surface area contributed by atoms with Gasteiger partial charge < -0.3 is 15.7 Å². The van der Waals surface area contributed by atoms with E-state index >= 15 is 0 Å². The summed E-state index contributed by atoms with van der Waals surface area (Å²) in [4.78, 5) is 26.5. The third-order valence-electron chi connectivity index (χ3n) is 7.17. The predicted molar refractivity (Wildman–Crippen MR) is 134 cm³/mol. The number of hydrogen-bond donors (Lipinski definition) is 3. The molecule has 1 spiro atoms. The van der Waals surface area contributed by atoms with E-state index in [4.69, 9.17) is 0 Å². The average Bonchev–Trinajstić information content (AvgIpc) is 3.55. The highest BCUT2D eigenvalue weighted by Gasteiger charge is 2.46. The van der Waals surface area contributed by atoms with E-state index in [2.05, 4.69) is 37.7 Å². The van der Waals surface area contributed by atoms with Gasteiger partial charge in [0.2, 0.25) is 5.95 Å². The highest BCUT2D eigenvalue weighted by Crippen LogP contribution is 2.50. The summed E-state index contributed by atoms with van der Waals surface area (Å²) in [5, 5.41) is 17.5. The molecule has 3 N–H and O–H groups in total. The molecule has 1 aliphatic carbocycles. The Kier molecular flexibility index (Phi) is 5.03. The summed E-state index contributed by atoms with van der Waals surface area (Å²) in [5.41, 5.74) is 2.31. The minimum atomic E-state index is -1.50. The molecule has 0 unspecified atom stereocenters. The normalized spacial score (nSPS) is 16.4. The van der Waals surface area contributed by atoms with Crippen molar-refractivity contribution in [1.29, 1.82) is 0 Å². The minimum absolute atomic E-state index is 0.111. The minimum Gasteiger partial charge on any atom is -0.384 e. The number of hydrogen-bond acceptors (Lipinski definition) is 7. The molecule has 0 atom stereocenters. The summed E-state index contributed by atoms with van der Waals surface area (Å²) < 4.78 is 17.4. The maximum Gasteiger partial charge on any atom is 0.278 e. The van der Waals surface area contributed by atoms with Gasteiger partial charge in [-0.05, 0) is 69.0 Å². The van der Waals surface area contributed by atoms with Gasteiger partial charge in [0.1, 0.15) is 22.5 Å². The molecule has 36 heavy (non-hydrogen) atoms. The summed E-state index contributed by atoms with van der Waals surface area (Å²) in [7, 11) is 0. The topological polar surface area (TPSA) is 110 Å². The van der Waals surface area contributed by atoms with Crippen LogP contribution in [0.5, 0.6) is 0 Å². The maximum atomic E-state index is 14.4. The zero-order chi connectivity index (χ0) is 25.2. The first-order valence-corrected chi connectivity index (χ1v) is 12.2. The van der Waals surface area contributed by atoms with E-state index < -0.39 is 11.4 Å². The van der Waals surface area contributed by atoms with Crippen LogP contribution in [-0.2, 0) is 24.1 Å². The number of nitrogens with one attached hydrogen (secondary N) is 2. The zero-order valence-corrected chi connectivity index (χ0v) is 20.5. The Morgan fingerprint density at radius 1 is 1.22 bits per heavy atom. The first-order valence-electron chi connectivity index (χ1n) is 12.2. The third-order valence-corrected chi connectivity index (χ3v) is 7.17. The molecule has 0 amide bonds. The quantitative estimate of drug-likeness (QED) is 0.395. The molecular formula is C26H28FN7O2. The Balaban J connectivity index is 1.43. The Bertz CT molecular complexity index is 1560. The van der Waals surface area contributed by atoms with Crippen LogP contribution >= 0.6 is 0 Å². The number of aromatic nitrogens is 5. The van der Waals surface area contributed by atoms with Crippen molar-refractivity contribution in [3.8, 4) is 5.82 Å². The smallest absolute Gasteiger partial charge is 0.278 e. The molecule has 4 heterocycles. The molecule has 1 saturated carbocycles. The lowest BCUT2D eigenvalue weighted by Crippen LogP contribution is -2.33. The SMILES string of the molecule is CCn1c(=O)c2cnc(Nc3ccc4c(c3)CNCC43CC3)nc2n1-c1ccc(F)c(C(C)(C)O)n1. The molecule has 0 bridgehead atoms. The Labute approximate surface area is 207 Å². The highest BCUT2D eigenvalue weighted by atomic mass is 19.1. The lowest BCUT2D eigenvalue weighted by atomic mass is 9.88. The van der Waals surface area contributed by atoms with Gasteiger partial charge in [-0.3, -0.25) is 4.79 Å². The van der Waals surface area contributed by atoms with Gasteiger partial charge in [-0.25, -0.2) is 23.7 Å². The molecule has 10 heteroatoms. The van der Waals surface area contributed by atoms with Gasteiger partial charge in [-0.2, -0.15) is 4.98 Å². The molecule has 2 aliphatic rings. The molecule has 1 aromatic carbocycles. The third kappa shape index (κ3) is 3.59. The second-order valence-electron chi connectivity index (χ2n) is 10.2. The molecule has 1 fully saturated rings. The molecule has 3 aromatic heterocycles. The van der Waals surface area contributed by atoms with Gasteiger partial charge in [0, 0.05) is 36.9 Å². The fourth-order valence-electron chi connectivity index (χ4n) is 5.18. The molecule has 0 saturated heterocycles. The highest BCUT2D eigenvalue weighted by molar-refractivity contribution is 5.77. The number of aliphatic hydroxyl groups is 1. The predicted octanol–water partition coefficient (Wildman–Crippen LogP) is 3.24. The molecule has 1 aliphatic heterocycles.